The first-order valence-corrected chi connectivity index (χ1v) is 5.87. The van der Waals surface area contributed by atoms with Gasteiger partial charge in [0.15, 0.2) is 11.6 Å². The van der Waals surface area contributed by atoms with E-state index >= 15 is 0 Å². The minimum atomic E-state index is -0.868. The van der Waals surface area contributed by atoms with Crippen LogP contribution in [0.25, 0.3) is 0 Å². The number of hydrogen-bond acceptors (Lipinski definition) is 2. The molecular weight excluding hydrogens is 293 g/mol. The maximum absolute atomic E-state index is 13.7. The summed E-state index contributed by atoms with van der Waals surface area (Å²) in [5.74, 6) is -1.74. The Kier molecular flexibility index (Phi) is 3.89. The van der Waals surface area contributed by atoms with Crippen molar-refractivity contribution in [2.75, 3.05) is 5.32 Å². The fourth-order valence-electron chi connectivity index (χ4n) is 1.53. The molecule has 2 aromatic rings. The summed E-state index contributed by atoms with van der Waals surface area (Å²) in [5, 5.41) is 11.8. The summed E-state index contributed by atoms with van der Waals surface area (Å²) >= 11 is 11.6. The Bertz CT molecular complexity index is 638. The smallest absolute Gasteiger partial charge is 0.150 e. The summed E-state index contributed by atoms with van der Waals surface area (Å²) in [4.78, 5) is 0. The Labute approximate surface area is 118 Å². The van der Waals surface area contributed by atoms with Crippen LogP contribution >= 0.6 is 23.2 Å². The maximum atomic E-state index is 13.7. The van der Waals surface area contributed by atoms with Crippen LogP contribution in [0, 0.1) is 23.0 Å². The van der Waals surface area contributed by atoms with E-state index in [1.165, 1.54) is 18.2 Å². The minimum absolute atomic E-state index is 0.0929. The molecule has 2 nitrogen and oxygen atoms in total. The molecule has 0 spiro atoms. The highest BCUT2D eigenvalue weighted by atomic mass is 35.5. The van der Waals surface area contributed by atoms with Crippen molar-refractivity contribution in [3.63, 3.8) is 0 Å². The molecule has 0 aliphatic rings. The standard InChI is InChI=1S/C13H6Cl2F2N2/c14-8-3-9(15)5-10(4-8)19-13-11(16)1-7(6-18)2-12(13)17/h1-5,19H. The third kappa shape index (κ3) is 3.14. The molecule has 0 fully saturated rings. The van der Waals surface area contributed by atoms with Gasteiger partial charge in [0.05, 0.1) is 11.6 Å². The molecule has 0 atom stereocenters. The van der Waals surface area contributed by atoms with Crippen LogP contribution in [0.5, 0.6) is 0 Å². The number of halogens is 4. The van der Waals surface area contributed by atoms with Gasteiger partial charge in [-0.05, 0) is 30.3 Å². The van der Waals surface area contributed by atoms with Crippen molar-refractivity contribution in [2.45, 2.75) is 0 Å². The third-order valence-corrected chi connectivity index (χ3v) is 2.74. The lowest BCUT2D eigenvalue weighted by molar-refractivity contribution is 0.590. The van der Waals surface area contributed by atoms with Crippen LogP contribution in [0.4, 0.5) is 20.2 Å². The van der Waals surface area contributed by atoms with Crippen LogP contribution in [0.1, 0.15) is 5.56 Å². The predicted octanol–water partition coefficient (Wildman–Crippen LogP) is 4.89. The molecule has 2 aromatic carbocycles. The van der Waals surface area contributed by atoms with Crippen molar-refractivity contribution in [1.82, 2.24) is 0 Å². The van der Waals surface area contributed by atoms with Gasteiger partial charge in [0.25, 0.3) is 0 Å². The van der Waals surface area contributed by atoms with E-state index in [1.807, 2.05) is 0 Å². The lowest BCUT2D eigenvalue weighted by atomic mass is 10.2. The second kappa shape index (κ2) is 5.43. The Hall–Kier alpha value is -1.83. The quantitative estimate of drug-likeness (QED) is 0.857. The summed E-state index contributed by atoms with van der Waals surface area (Å²) in [7, 11) is 0. The van der Waals surface area contributed by atoms with Crippen LogP contribution in [-0.4, -0.2) is 0 Å². The summed E-state index contributed by atoms with van der Waals surface area (Å²) < 4.78 is 27.3. The molecule has 0 aliphatic heterocycles. The van der Waals surface area contributed by atoms with Crippen LogP contribution in [0.2, 0.25) is 10.0 Å². The molecule has 0 radical (unpaired) electrons. The molecule has 96 valence electrons. The fourth-order valence-corrected chi connectivity index (χ4v) is 2.05. The summed E-state index contributed by atoms with van der Waals surface area (Å²) in [6, 6.07) is 8.01. The van der Waals surface area contributed by atoms with Crippen molar-refractivity contribution in [2.24, 2.45) is 0 Å². The normalized spacial score (nSPS) is 10.1. The first-order chi connectivity index (χ1) is 8.99. The topological polar surface area (TPSA) is 35.8 Å². The fraction of sp³-hybridized carbons (Fsp3) is 0. The highest BCUT2D eigenvalue weighted by Crippen LogP contribution is 2.28. The number of rotatable bonds is 2. The van der Waals surface area contributed by atoms with Gasteiger partial charge in [-0.1, -0.05) is 23.2 Å². The molecule has 0 aromatic heterocycles. The van der Waals surface area contributed by atoms with Gasteiger partial charge in [-0.25, -0.2) is 8.78 Å². The van der Waals surface area contributed by atoms with E-state index in [4.69, 9.17) is 28.5 Å². The molecule has 6 heteroatoms. The Morgan fingerprint density at radius 3 is 1.95 bits per heavy atom. The average Bonchev–Trinajstić information content (AvgIpc) is 2.32. The van der Waals surface area contributed by atoms with Gasteiger partial charge in [-0.3, -0.25) is 0 Å². The maximum Gasteiger partial charge on any atom is 0.150 e. The van der Waals surface area contributed by atoms with Gasteiger partial charge in [-0.15, -0.1) is 0 Å². The number of benzene rings is 2. The number of hydrogen-bond donors (Lipinski definition) is 1. The van der Waals surface area contributed by atoms with Crippen LogP contribution in [-0.2, 0) is 0 Å². The van der Waals surface area contributed by atoms with Crippen molar-refractivity contribution in [1.29, 1.82) is 5.26 Å². The minimum Gasteiger partial charge on any atom is -0.351 e. The molecule has 0 amide bonds. The molecular formula is C13H6Cl2F2N2. The molecule has 2 rings (SSSR count). The summed E-state index contributed by atoms with van der Waals surface area (Å²) in [6.45, 7) is 0. The van der Waals surface area contributed by atoms with E-state index in [0.717, 1.165) is 12.1 Å². The van der Waals surface area contributed by atoms with E-state index in [2.05, 4.69) is 5.32 Å². The number of nitriles is 1. The number of nitrogens with zero attached hydrogens (tertiary/aromatic N) is 1. The van der Waals surface area contributed by atoms with Crippen molar-refractivity contribution in [3.05, 3.63) is 57.6 Å². The molecule has 0 saturated heterocycles. The van der Waals surface area contributed by atoms with E-state index < -0.39 is 11.6 Å². The monoisotopic (exact) mass is 298 g/mol. The lowest BCUT2D eigenvalue weighted by Crippen LogP contribution is -1.98. The first kappa shape index (κ1) is 13.6. The zero-order valence-electron chi connectivity index (χ0n) is 9.35. The van der Waals surface area contributed by atoms with Crippen molar-refractivity contribution in [3.8, 4) is 6.07 Å². The van der Waals surface area contributed by atoms with Gasteiger partial charge in [0.2, 0.25) is 0 Å². The van der Waals surface area contributed by atoms with E-state index in [-0.39, 0.29) is 11.3 Å². The van der Waals surface area contributed by atoms with Crippen molar-refractivity contribution < 1.29 is 8.78 Å². The molecule has 0 unspecified atom stereocenters. The second-order valence-corrected chi connectivity index (χ2v) is 4.58. The first-order valence-electron chi connectivity index (χ1n) is 5.12. The highest BCUT2D eigenvalue weighted by Gasteiger charge is 2.12. The van der Waals surface area contributed by atoms with Gasteiger partial charge >= 0.3 is 0 Å². The number of anilines is 2. The zero-order chi connectivity index (χ0) is 14.0. The lowest BCUT2D eigenvalue weighted by Gasteiger charge is -2.10. The Morgan fingerprint density at radius 2 is 1.47 bits per heavy atom. The molecule has 0 heterocycles. The molecule has 0 bridgehead atoms. The molecule has 19 heavy (non-hydrogen) atoms. The van der Waals surface area contributed by atoms with E-state index in [0.29, 0.717) is 15.7 Å². The van der Waals surface area contributed by atoms with Crippen LogP contribution < -0.4 is 5.32 Å². The van der Waals surface area contributed by atoms with Gasteiger partial charge in [0, 0.05) is 15.7 Å². The Balaban J connectivity index is 2.41. The van der Waals surface area contributed by atoms with Gasteiger partial charge in [-0.2, -0.15) is 5.26 Å². The zero-order valence-corrected chi connectivity index (χ0v) is 10.9. The number of nitrogens with one attached hydrogen (secondary N) is 1. The third-order valence-electron chi connectivity index (χ3n) is 2.30. The molecule has 0 aliphatic carbocycles. The largest absolute Gasteiger partial charge is 0.351 e. The van der Waals surface area contributed by atoms with E-state index in [1.54, 1.807) is 6.07 Å². The molecule has 0 saturated carbocycles. The van der Waals surface area contributed by atoms with Crippen LogP contribution in [0.15, 0.2) is 30.3 Å². The summed E-state index contributed by atoms with van der Waals surface area (Å²) in [5.41, 5.74) is -0.109. The average molecular weight is 299 g/mol. The van der Waals surface area contributed by atoms with E-state index in [9.17, 15) is 8.78 Å². The second-order valence-electron chi connectivity index (χ2n) is 3.71. The highest BCUT2D eigenvalue weighted by molar-refractivity contribution is 6.35. The summed E-state index contributed by atoms with van der Waals surface area (Å²) in [6.07, 6.45) is 0. The molecule has 1 N–H and O–H groups in total. The SMILES string of the molecule is N#Cc1cc(F)c(Nc2cc(Cl)cc(Cl)c2)c(F)c1. The van der Waals surface area contributed by atoms with Gasteiger partial charge in [0.1, 0.15) is 5.69 Å². The van der Waals surface area contributed by atoms with Gasteiger partial charge < -0.3 is 5.32 Å². The van der Waals surface area contributed by atoms with Crippen molar-refractivity contribution >= 4 is 34.6 Å². The van der Waals surface area contributed by atoms with Crippen LogP contribution in [0.3, 0.4) is 0 Å². The Morgan fingerprint density at radius 1 is 0.947 bits per heavy atom. The predicted molar refractivity (Wildman–Crippen MR) is 70.8 cm³/mol.